The number of hydrogen-bond donors (Lipinski definition) is 1. The summed E-state index contributed by atoms with van der Waals surface area (Å²) in [6.45, 7) is 5.85. The predicted molar refractivity (Wildman–Crippen MR) is 56.1 cm³/mol. The molecule has 7 heteroatoms. The molecule has 16 heavy (non-hydrogen) atoms. The third kappa shape index (κ3) is 1.42. The van der Waals surface area contributed by atoms with Crippen LogP contribution in [0.2, 0.25) is 0 Å². The van der Waals surface area contributed by atoms with Crippen LogP contribution in [0.3, 0.4) is 0 Å². The summed E-state index contributed by atoms with van der Waals surface area (Å²) in [4.78, 5) is 22.4. The molecule has 0 aromatic heterocycles. The van der Waals surface area contributed by atoms with Crippen molar-refractivity contribution in [2.75, 3.05) is 0 Å². The summed E-state index contributed by atoms with van der Waals surface area (Å²) in [6, 6.07) is -1.39. The average Bonchev–Trinajstić information content (AvgIpc) is 2.15. The highest BCUT2D eigenvalue weighted by Gasteiger charge is 2.63. The van der Waals surface area contributed by atoms with Crippen LogP contribution >= 0.6 is 0 Å². The van der Waals surface area contributed by atoms with Crippen LogP contribution in [0.5, 0.6) is 0 Å². The van der Waals surface area contributed by atoms with Crippen LogP contribution in [0.1, 0.15) is 20.3 Å². The van der Waals surface area contributed by atoms with Crippen LogP contribution in [-0.4, -0.2) is 40.5 Å². The van der Waals surface area contributed by atoms with Crippen molar-refractivity contribution in [1.82, 2.24) is 4.31 Å². The molecule has 0 aromatic carbocycles. The van der Waals surface area contributed by atoms with Gasteiger partial charge in [0.25, 0.3) is 15.9 Å². The maximum atomic E-state index is 11.7. The Morgan fingerprint density at radius 2 is 2.12 bits per heavy atom. The van der Waals surface area contributed by atoms with Gasteiger partial charge in [0, 0.05) is 0 Å². The van der Waals surface area contributed by atoms with E-state index in [1.807, 2.05) is 0 Å². The first-order valence-electron chi connectivity index (χ1n) is 4.60. The fraction of sp³-hybridized carbons (Fsp3) is 0.556. The molecule has 1 heterocycles. The number of carboxylic acid groups (broad SMARTS) is 1. The molecule has 1 aliphatic heterocycles. The Morgan fingerprint density at radius 3 is 2.44 bits per heavy atom. The lowest BCUT2D eigenvalue weighted by atomic mass is 10.1. The minimum absolute atomic E-state index is 0.101. The van der Waals surface area contributed by atoms with E-state index in [1.54, 1.807) is 0 Å². The van der Waals surface area contributed by atoms with Gasteiger partial charge in [-0.2, -0.15) is 0 Å². The van der Waals surface area contributed by atoms with Gasteiger partial charge in [0.05, 0.1) is 0 Å². The number of amides is 1. The topological polar surface area (TPSA) is 91.8 Å². The molecule has 1 rings (SSSR count). The fourth-order valence-electron chi connectivity index (χ4n) is 1.46. The van der Waals surface area contributed by atoms with Crippen molar-refractivity contribution in [3.05, 3.63) is 12.7 Å². The van der Waals surface area contributed by atoms with Gasteiger partial charge in [-0.3, -0.25) is 4.79 Å². The Morgan fingerprint density at radius 1 is 1.62 bits per heavy atom. The summed E-state index contributed by atoms with van der Waals surface area (Å²) in [7, 11) is -3.86. The number of aliphatic carboxylic acids is 1. The second-order valence-corrected chi connectivity index (χ2v) is 6.36. The summed E-state index contributed by atoms with van der Waals surface area (Å²) in [5.74, 6) is -2.05. The van der Waals surface area contributed by atoms with Crippen molar-refractivity contribution in [1.29, 1.82) is 0 Å². The average molecular weight is 247 g/mol. The molecule has 1 saturated heterocycles. The van der Waals surface area contributed by atoms with Gasteiger partial charge in [-0.1, -0.05) is 6.08 Å². The first-order chi connectivity index (χ1) is 7.17. The van der Waals surface area contributed by atoms with Gasteiger partial charge in [-0.05, 0) is 20.3 Å². The molecular weight excluding hydrogens is 234 g/mol. The molecule has 0 aliphatic carbocycles. The van der Waals surface area contributed by atoms with Crippen molar-refractivity contribution < 1.29 is 23.1 Å². The monoisotopic (exact) mass is 247 g/mol. The maximum absolute atomic E-state index is 11.7. The number of sulfonamides is 1. The Hall–Kier alpha value is -1.37. The van der Waals surface area contributed by atoms with Crippen molar-refractivity contribution in [2.24, 2.45) is 0 Å². The normalized spacial score (nSPS) is 23.4. The van der Waals surface area contributed by atoms with Crippen LogP contribution in [0.15, 0.2) is 12.7 Å². The third-order valence-corrected chi connectivity index (χ3v) is 4.98. The molecule has 0 bridgehead atoms. The van der Waals surface area contributed by atoms with Crippen LogP contribution in [0.25, 0.3) is 0 Å². The second-order valence-electron chi connectivity index (χ2n) is 3.99. The van der Waals surface area contributed by atoms with E-state index in [4.69, 9.17) is 5.11 Å². The molecule has 1 N–H and O–H groups in total. The van der Waals surface area contributed by atoms with E-state index in [-0.39, 0.29) is 6.42 Å². The van der Waals surface area contributed by atoms with Crippen LogP contribution < -0.4 is 0 Å². The van der Waals surface area contributed by atoms with Gasteiger partial charge in [0.1, 0.15) is 6.04 Å². The third-order valence-electron chi connectivity index (χ3n) is 2.58. The Bertz CT molecular complexity index is 451. The summed E-state index contributed by atoms with van der Waals surface area (Å²) >= 11 is 0. The van der Waals surface area contributed by atoms with E-state index in [0.717, 1.165) is 0 Å². The lowest BCUT2D eigenvalue weighted by Crippen LogP contribution is -2.71. The zero-order valence-corrected chi connectivity index (χ0v) is 9.82. The molecule has 6 nitrogen and oxygen atoms in total. The van der Waals surface area contributed by atoms with Crippen LogP contribution in [-0.2, 0) is 19.6 Å². The first kappa shape index (κ1) is 12.7. The van der Waals surface area contributed by atoms with Crippen molar-refractivity contribution >= 4 is 21.9 Å². The van der Waals surface area contributed by atoms with E-state index in [2.05, 4.69) is 6.58 Å². The molecule has 1 fully saturated rings. The van der Waals surface area contributed by atoms with E-state index in [0.29, 0.717) is 4.31 Å². The van der Waals surface area contributed by atoms with Gasteiger partial charge < -0.3 is 5.11 Å². The molecule has 0 spiro atoms. The Balaban J connectivity index is 3.12. The van der Waals surface area contributed by atoms with E-state index in [9.17, 15) is 18.0 Å². The molecule has 0 saturated carbocycles. The lowest BCUT2D eigenvalue weighted by molar-refractivity contribution is -0.148. The molecule has 90 valence electrons. The fourth-order valence-corrected chi connectivity index (χ4v) is 3.09. The van der Waals surface area contributed by atoms with Gasteiger partial charge in [0.2, 0.25) is 0 Å². The lowest BCUT2D eigenvalue weighted by Gasteiger charge is -2.45. The zero-order valence-electron chi connectivity index (χ0n) is 9.00. The molecule has 0 radical (unpaired) electrons. The van der Waals surface area contributed by atoms with Crippen molar-refractivity contribution in [2.45, 2.75) is 31.1 Å². The van der Waals surface area contributed by atoms with Crippen molar-refractivity contribution in [3.63, 3.8) is 0 Å². The number of carboxylic acids is 1. The number of hydrogen-bond acceptors (Lipinski definition) is 4. The number of rotatable bonds is 4. The number of nitrogens with zero attached hydrogens (tertiary/aromatic N) is 1. The quantitative estimate of drug-likeness (QED) is 0.704. The number of carbonyl (C=O) groups is 2. The van der Waals surface area contributed by atoms with Gasteiger partial charge in [-0.25, -0.2) is 17.5 Å². The van der Waals surface area contributed by atoms with Gasteiger partial charge >= 0.3 is 5.97 Å². The van der Waals surface area contributed by atoms with E-state index < -0.39 is 32.7 Å². The summed E-state index contributed by atoms with van der Waals surface area (Å²) < 4.78 is 22.3. The Labute approximate surface area is 93.6 Å². The van der Waals surface area contributed by atoms with Gasteiger partial charge in [-0.15, -0.1) is 6.58 Å². The Kier molecular flexibility index (Phi) is 2.84. The highest BCUT2D eigenvalue weighted by Crippen LogP contribution is 2.37. The molecule has 1 aliphatic rings. The minimum atomic E-state index is -3.86. The highest BCUT2D eigenvalue weighted by molar-refractivity contribution is 7.94. The first-order valence-corrected chi connectivity index (χ1v) is 6.04. The van der Waals surface area contributed by atoms with Gasteiger partial charge in [0.15, 0.2) is 4.75 Å². The summed E-state index contributed by atoms with van der Waals surface area (Å²) in [6.07, 6.45) is 1.17. The van der Waals surface area contributed by atoms with E-state index >= 15 is 0 Å². The minimum Gasteiger partial charge on any atom is -0.480 e. The predicted octanol–water partition coefficient (Wildman–Crippen LogP) is -0.0337. The van der Waals surface area contributed by atoms with E-state index in [1.165, 1.54) is 19.9 Å². The molecule has 1 atom stereocenters. The number of carbonyl (C=O) groups excluding carboxylic acids is 1. The zero-order chi connectivity index (χ0) is 12.7. The SMILES string of the molecule is C=CCC(C(=O)O)N1C(=O)C(C)(C)S1(=O)=O. The largest absolute Gasteiger partial charge is 0.480 e. The smallest absolute Gasteiger partial charge is 0.327 e. The molecule has 1 amide bonds. The standard InChI is InChI=1S/C9H13NO5S/c1-4-5-6(7(11)12)10-8(13)9(2,3)16(10,14)15/h4,6H,1,5H2,2-3H3,(H,11,12). The molecule has 1 unspecified atom stereocenters. The van der Waals surface area contributed by atoms with Crippen LogP contribution in [0.4, 0.5) is 0 Å². The van der Waals surface area contributed by atoms with Crippen LogP contribution in [0, 0.1) is 0 Å². The molecular formula is C9H13NO5S. The maximum Gasteiger partial charge on any atom is 0.327 e. The van der Waals surface area contributed by atoms with Crippen molar-refractivity contribution in [3.8, 4) is 0 Å². The summed E-state index contributed by atoms with van der Waals surface area (Å²) in [5, 5.41) is 8.85. The summed E-state index contributed by atoms with van der Waals surface area (Å²) in [5.41, 5.74) is 0. The molecule has 0 aromatic rings. The second kappa shape index (κ2) is 3.58. The highest BCUT2D eigenvalue weighted by atomic mass is 32.2.